The lowest BCUT2D eigenvalue weighted by molar-refractivity contribution is -0.140. The molecule has 0 saturated heterocycles. The molecule has 0 unspecified atom stereocenters. The van der Waals surface area contributed by atoms with Gasteiger partial charge in [0.25, 0.3) is 0 Å². The number of carbonyl (C=O) groups excluding carboxylic acids is 1. The van der Waals surface area contributed by atoms with Crippen molar-refractivity contribution < 1.29 is 9.53 Å². The van der Waals surface area contributed by atoms with E-state index in [4.69, 9.17) is 16.9 Å². The molecule has 0 aromatic heterocycles. The van der Waals surface area contributed by atoms with Gasteiger partial charge < -0.3 is 9.64 Å². The van der Waals surface area contributed by atoms with E-state index < -0.39 is 0 Å². The summed E-state index contributed by atoms with van der Waals surface area (Å²) in [7, 11) is 3.36. The average Bonchev–Trinajstić information content (AvgIpc) is 2.40. The van der Waals surface area contributed by atoms with Gasteiger partial charge in [0.05, 0.1) is 18.7 Å². The van der Waals surface area contributed by atoms with Crippen molar-refractivity contribution in [1.82, 2.24) is 4.90 Å². The van der Waals surface area contributed by atoms with Gasteiger partial charge in [-0.2, -0.15) is 5.26 Å². The number of hydrogen-bond acceptors (Lipinski definition) is 4. The lowest BCUT2D eigenvalue weighted by Crippen LogP contribution is -2.20. The summed E-state index contributed by atoms with van der Waals surface area (Å²) in [6, 6.07) is 7.33. The minimum absolute atomic E-state index is 0.190. The number of esters is 1. The van der Waals surface area contributed by atoms with Gasteiger partial charge in [-0.15, -0.1) is 0 Å². The predicted molar refractivity (Wildman–Crippen MR) is 73.8 cm³/mol. The number of carbonyl (C=O) groups is 1. The molecule has 0 saturated carbocycles. The SMILES string of the molecule is COC(=O)CCCN(C)Cc1ccc(C#N)cc1Cl. The quantitative estimate of drug-likeness (QED) is 0.752. The third-order valence-electron chi connectivity index (χ3n) is 2.77. The van der Waals surface area contributed by atoms with E-state index in [0.717, 1.165) is 18.5 Å². The summed E-state index contributed by atoms with van der Waals surface area (Å²) in [6.45, 7) is 1.47. The molecule has 1 rings (SSSR count). The van der Waals surface area contributed by atoms with Crippen LogP contribution in [0.5, 0.6) is 0 Å². The number of benzene rings is 1. The van der Waals surface area contributed by atoms with Gasteiger partial charge >= 0.3 is 5.97 Å². The van der Waals surface area contributed by atoms with Crippen molar-refractivity contribution in [1.29, 1.82) is 5.26 Å². The fourth-order valence-corrected chi connectivity index (χ4v) is 1.95. The van der Waals surface area contributed by atoms with Crippen LogP contribution in [0.15, 0.2) is 18.2 Å². The molecule has 5 heteroatoms. The summed E-state index contributed by atoms with van der Waals surface area (Å²) in [6.07, 6.45) is 1.17. The average molecular weight is 281 g/mol. The highest BCUT2D eigenvalue weighted by molar-refractivity contribution is 6.31. The smallest absolute Gasteiger partial charge is 0.305 e. The third kappa shape index (κ3) is 5.29. The molecule has 0 bridgehead atoms. The van der Waals surface area contributed by atoms with Crippen molar-refractivity contribution in [2.45, 2.75) is 19.4 Å². The van der Waals surface area contributed by atoms with Gasteiger partial charge in [-0.1, -0.05) is 17.7 Å². The molecule has 4 nitrogen and oxygen atoms in total. The normalized spacial score (nSPS) is 10.3. The Morgan fingerprint density at radius 3 is 2.84 bits per heavy atom. The Kier molecular flexibility index (Phi) is 6.34. The maximum absolute atomic E-state index is 11.0. The van der Waals surface area contributed by atoms with Gasteiger partial charge in [0.1, 0.15) is 0 Å². The Balaban J connectivity index is 2.46. The molecule has 0 aliphatic heterocycles. The fourth-order valence-electron chi connectivity index (χ4n) is 1.71. The zero-order valence-corrected chi connectivity index (χ0v) is 11.9. The first-order valence-electron chi connectivity index (χ1n) is 6.00. The molecule has 0 fully saturated rings. The summed E-state index contributed by atoms with van der Waals surface area (Å²) in [5, 5.41) is 9.36. The number of ether oxygens (including phenoxy) is 1. The number of hydrogen-bond donors (Lipinski definition) is 0. The predicted octanol–water partition coefficient (Wildman–Crippen LogP) is 2.60. The van der Waals surface area contributed by atoms with Crippen molar-refractivity contribution in [2.75, 3.05) is 20.7 Å². The van der Waals surface area contributed by atoms with Crippen LogP contribution in [-0.4, -0.2) is 31.6 Å². The lowest BCUT2D eigenvalue weighted by atomic mass is 10.1. The monoisotopic (exact) mass is 280 g/mol. The largest absolute Gasteiger partial charge is 0.469 e. The van der Waals surface area contributed by atoms with Crippen molar-refractivity contribution in [2.24, 2.45) is 0 Å². The molecule has 1 aromatic carbocycles. The maximum atomic E-state index is 11.0. The van der Waals surface area contributed by atoms with Crippen LogP contribution in [0.4, 0.5) is 0 Å². The van der Waals surface area contributed by atoms with E-state index in [1.807, 2.05) is 13.1 Å². The van der Waals surface area contributed by atoms with E-state index in [1.54, 1.807) is 12.1 Å². The van der Waals surface area contributed by atoms with Crippen LogP contribution < -0.4 is 0 Å². The van der Waals surface area contributed by atoms with Crippen LogP contribution in [0.25, 0.3) is 0 Å². The fraction of sp³-hybridized carbons (Fsp3) is 0.429. The Hall–Kier alpha value is -1.57. The molecule has 0 radical (unpaired) electrons. The van der Waals surface area contributed by atoms with Gasteiger partial charge in [0.15, 0.2) is 0 Å². The van der Waals surface area contributed by atoms with Crippen molar-refractivity contribution in [3.05, 3.63) is 34.3 Å². The van der Waals surface area contributed by atoms with Crippen LogP contribution in [0.3, 0.4) is 0 Å². The molecule has 102 valence electrons. The summed E-state index contributed by atoms with van der Waals surface area (Å²) >= 11 is 6.11. The minimum Gasteiger partial charge on any atom is -0.469 e. The van der Waals surface area contributed by atoms with Gasteiger partial charge in [0.2, 0.25) is 0 Å². The standard InChI is InChI=1S/C14H17ClN2O2/c1-17(7-3-4-14(18)19-2)10-12-6-5-11(9-16)8-13(12)15/h5-6,8H,3-4,7,10H2,1-2H3. The van der Waals surface area contributed by atoms with Crippen molar-refractivity contribution >= 4 is 17.6 Å². The summed E-state index contributed by atoms with van der Waals surface area (Å²) in [4.78, 5) is 13.1. The first kappa shape index (κ1) is 15.5. The second-order valence-corrected chi connectivity index (χ2v) is 4.74. The molecule has 1 aromatic rings. The molecule has 0 spiro atoms. The Morgan fingerprint density at radius 1 is 1.53 bits per heavy atom. The van der Waals surface area contributed by atoms with E-state index in [-0.39, 0.29) is 5.97 Å². The Labute approximate surface area is 118 Å². The summed E-state index contributed by atoms with van der Waals surface area (Å²) in [5.41, 5.74) is 1.53. The van der Waals surface area contributed by atoms with E-state index in [2.05, 4.69) is 15.7 Å². The topological polar surface area (TPSA) is 53.3 Å². The van der Waals surface area contributed by atoms with Gasteiger partial charge in [-0.05, 0) is 37.7 Å². The minimum atomic E-state index is -0.190. The van der Waals surface area contributed by atoms with Crippen molar-refractivity contribution in [3.63, 3.8) is 0 Å². The Bertz CT molecular complexity index is 483. The number of nitriles is 1. The van der Waals surface area contributed by atoms with Crippen LogP contribution in [0.1, 0.15) is 24.0 Å². The first-order valence-corrected chi connectivity index (χ1v) is 6.38. The van der Waals surface area contributed by atoms with Crippen LogP contribution in [0.2, 0.25) is 5.02 Å². The molecule has 0 amide bonds. The van der Waals surface area contributed by atoms with E-state index >= 15 is 0 Å². The zero-order valence-electron chi connectivity index (χ0n) is 11.1. The summed E-state index contributed by atoms with van der Waals surface area (Å²) < 4.78 is 4.59. The molecule has 0 aliphatic rings. The van der Waals surface area contributed by atoms with Crippen LogP contribution in [-0.2, 0) is 16.1 Å². The highest BCUT2D eigenvalue weighted by atomic mass is 35.5. The van der Waals surface area contributed by atoms with Crippen LogP contribution in [0, 0.1) is 11.3 Å². The number of nitrogens with zero attached hydrogens (tertiary/aromatic N) is 2. The number of methoxy groups -OCH3 is 1. The number of rotatable bonds is 6. The highest BCUT2D eigenvalue weighted by Gasteiger charge is 2.07. The molecule has 0 aliphatic carbocycles. The summed E-state index contributed by atoms with van der Waals surface area (Å²) in [5.74, 6) is -0.190. The third-order valence-corrected chi connectivity index (χ3v) is 3.12. The zero-order chi connectivity index (χ0) is 14.3. The Morgan fingerprint density at radius 2 is 2.26 bits per heavy atom. The highest BCUT2D eigenvalue weighted by Crippen LogP contribution is 2.19. The molecule has 0 heterocycles. The molecule has 0 N–H and O–H groups in total. The molecule has 0 atom stereocenters. The molecule has 19 heavy (non-hydrogen) atoms. The van der Waals surface area contributed by atoms with E-state index in [1.165, 1.54) is 7.11 Å². The van der Waals surface area contributed by atoms with E-state index in [0.29, 0.717) is 23.6 Å². The maximum Gasteiger partial charge on any atom is 0.305 e. The van der Waals surface area contributed by atoms with Crippen LogP contribution >= 0.6 is 11.6 Å². The second-order valence-electron chi connectivity index (χ2n) is 4.34. The first-order chi connectivity index (χ1) is 9.06. The van der Waals surface area contributed by atoms with Gasteiger partial charge in [-0.3, -0.25) is 4.79 Å². The van der Waals surface area contributed by atoms with Gasteiger partial charge in [0, 0.05) is 18.0 Å². The van der Waals surface area contributed by atoms with E-state index in [9.17, 15) is 4.79 Å². The lowest BCUT2D eigenvalue weighted by Gasteiger charge is -2.17. The molecular formula is C14H17ClN2O2. The number of halogens is 1. The second kappa shape index (κ2) is 7.78. The van der Waals surface area contributed by atoms with Gasteiger partial charge in [-0.25, -0.2) is 0 Å². The van der Waals surface area contributed by atoms with Crippen molar-refractivity contribution in [3.8, 4) is 6.07 Å². The molecular weight excluding hydrogens is 264 g/mol.